The molecule has 1 fully saturated rings. The molecule has 1 aromatic rings. The molecule has 0 radical (unpaired) electrons. The SMILES string of the molecule is CC(C)(C)OC(=O)NC1CCC(Nc2ccccc2[N+](=O)[O-])C1. The van der Waals surface area contributed by atoms with Crippen molar-refractivity contribution < 1.29 is 14.5 Å². The standard InChI is InChI=1S/C16H23N3O4/c1-16(2,3)23-15(20)18-12-9-8-11(10-12)17-13-6-4-5-7-14(13)19(21)22/h4-7,11-12,17H,8-10H2,1-3H3,(H,18,20). The smallest absolute Gasteiger partial charge is 0.407 e. The van der Waals surface area contributed by atoms with E-state index in [4.69, 9.17) is 4.74 Å². The Morgan fingerprint density at radius 1 is 1.26 bits per heavy atom. The summed E-state index contributed by atoms with van der Waals surface area (Å²) in [6.45, 7) is 5.46. The quantitative estimate of drug-likeness (QED) is 0.654. The number of para-hydroxylation sites is 2. The number of nitrogens with one attached hydrogen (secondary N) is 2. The Kier molecular flexibility index (Phi) is 5.08. The molecule has 1 aliphatic rings. The molecule has 2 unspecified atom stereocenters. The lowest BCUT2D eigenvalue weighted by Crippen LogP contribution is -2.38. The lowest BCUT2D eigenvalue weighted by molar-refractivity contribution is -0.384. The molecule has 126 valence electrons. The highest BCUT2D eigenvalue weighted by Gasteiger charge is 2.28. The number of amides is 1. The number of nitro groups is 1. The van der Waals surface area contributed by atoms with Crippen LogP contribution in [0.2, 0.25) is 0 Å². The van der Waals surface area contributed by atoms with Crippen molar-refractivity contribution in [2.24, 2.45) is 0 Å². The van der Waals surface area contributed by atoms with E-state index in [2.05, 4.69) is 10.6 Å². The summed E-state index contributed by atoms with van der Waals surface area (Å²) in [5.41, 5.74) is 0.0572. The molecular weight excluding hydrogens is 298 g/mol. The first-order valence-electron chi connectivity index (χ1n) is 7.74. The van der Waals surface area contributed by atoms with E-state index in [1.54, 1.807) is 18.2 Å². The Balaban J connectivity index is 1.89. The van der Waals surface area contributed by atoms with Gasteiger partial charge >= 0.3 is 6.09 Å². The van der Waals surface area contributed by atoms with Crippen LogP contribution in [0.25, 0.3) is 0 Å². The third kappa shape index (κ3) is 5.12. The zero-order valence-electron chi connectivity index (χ0n) is 13.7. The second-order valence-electron chi connectivity index (χ2n) is 6.77. The number of ether oxygens (including phenoxy) is 1. The number of benzene rings is 1. The van der Waals surface area contributed by atoms with Gasteiger partial charge < -0.3 is 15.4 Å². The van der Waals surface area contributed by atoms with Crippen molar-refractivity contribution in [3.8, 4) is 0 Å². The summed E-state index contributed by atoms with van der Waals surface area (Å²) < 4.78 is 5.24. The Morgan fingerprint density at radius 2 is 1.91 bits per heavy atom. The average molecular weight is 321 g/mol. The first-order valence-corrected chi connectivity index (χ1v) is 7.74. The number of carbonyl (C=O) groups excluding carboxylic acids is 1. The summed E-state index contributed by atoms with van der Waals surface area (Å²) in [5, 5.41) is 17.1. The van der Waals surface area contributed by atoms with Crippen molar-refractivity contribution in [2.45, 2.75) is 57.7 Å². The molecule has 2 rings (SSSR count). The lowest BCUT2D eigenvalue weighted by Gasteiger charge is -2.22. The molecule has 7 nitrogen and oxygen atoms in total. The van der Waals surface area contributed by atoms with E-state index in [0.717, 1.165) is 12.8 Å². The van der Waals surface area contributed by atoms with Crippen LogP contribution in [-0.2, 0) is 4.74 Å². The molecule has 1 aromatic carbocycles. The van der Waals surface area contributed by atoms with Crippen molar-refractivity contribution in [3.05, 3.63) is 34.4 Å². The summed E-state index contributed by atoms with van der Waals surface area (Å²) in [7, 11) is 0. The van der Waals surface area contributed by atoms with Gasteiger partial charge in [-0.2, -0.15) is 0 Å². The van der Waals surface area contributed by atoms with Crippen LogP contribution in [0, 0.1) is 10.1 Å². The molecule has 0 aromatic heterocycles. The molecule has 1 aliphatic carbocycles. The molecule has 0 heterocycles. The van der Waals surface area contributed by atoms with Gasteiger partial charge in [0.15, 0.2) is 0 Å². The highest BCUT2D eigenvalue weighted by molar-refractivity contribution is 5.68. The first-order chi connectivity index (χ1) is 10.7. The maximum atomic E-state index is 11.8. The molecule has 0 spiro atoms. The van der Waals surface area contributed by atoms with Crippen LogP contribution < -0.4 is 10.6 Å². The number of hydrogen-bond acceptors (Lipinski definition) is 5. The number of rotatable bonds is 4. The van der Waals surface area contributed by atoms with Crippen LogP contribution in [0.3, 0.4) is 0 Å². The second-order valence-corrected chi connectivity index (χ2v) is 6.77. The van der Waals surface area contributed by atoms with Crippen LogP contribution >= 0.6 is 0 Å². The summed E-state index contributed by atoms with van der Waals surface area (Å²) in [5.74, 6) is 0. The number of alkyl carbamates (subject to hydrolysis) is 1. The Hall–Kier alpha value is -2.31. The lowest BCUT2D eigenvalue weighted by atomic mass is 10.2. The normalized spacial score (nSPS) is 20.8. The molecule has 2 atom stereocenters. The zero-order chi connectivity index (χ0) is 17.0. The molecule has 0 bridgehead atoms. The average Bonchev–Trinajstić information content (AvgIpc) is 2.84. The van der Waals surface area contributed by atoms with E-state index in [1.165, 1.54) is 6.07 Å². The number of anilines is 1. The molecular formula is C16H23N3O4. The topological polar surface area (TPSA) is 93.5 Å². The molecule has 2 N–H and O–H groups in total. The minimum atomic E-state index is -0.523. The van der Waals surface area contributed by atoms with Crippen LogP contribution in [0.15, 0.2) is 24.3 Å². The fraction of sp³-hybridized carbons (Fsp3) is 0.562. The van der Waals surface area contributed by atoms with E-state index < -0.39 is 16.6 Å². The number of nitro benzene ring substituents is 1. The minimum Gasteiger partial charge on any atom is -0.444 e. The van der Waals surface area contributed by atoms with Crippen molar-refractivity contribution in [2.75, 3.05) is 5.32 Å². The van der Waals surface area contributed by atoms with E-state index in [0.29, 0.717) is 12.1 Å². The fourth-order valence-electron chi connectivity index (χ4n) is 2.69. The number of hydrogen-bond donors (Lipinski definition) is 2. The van der Waals surface area contributed by atoms with Gasteiger partial charge in [0, 0.05) is 18.2 Å². The van der Waals surface area contributed by atoms with E-state index >= 15 is 0 Å². The van der Waals surface area contributed by atoms with Gasteiger partial charge in [0.25, 0.3) is 5.69 Å². The largest absolute Gasteiger partial charge is 0.444 e. The van der Waals surface area contributed by atoms with Crippen LogP contribution in [0.4, 0.5) is 16.2 Å². The van der Waals surface area contributed by atoms with Crippen LogP contribution in [-0.4, -0.2) is 28.7 Å². The molecule has 0 aliphatic heterocycles. The van der Waals surface area contributed by atoms with Gasteiger partial charge in [-0.1, -0.05) is 12.1 Å². The predicted octanol–water partition coefficient (Wildman–Crippen LogP) is 3.45. The van der Waals surface area contributed by atoms with Gasteiger partial charge in [0.2, 0.25) is 0 Å². The monoisotopic (exact) mass is 321 g/mol. The van der Waals surface area contributed by atoms with Crippen molar-refractivity contribution >= 4 is 17.5 Å². The highest BCUT2D eigenvalue weighted by Crippen LogP contribution is 2.28. The molecule has 23 heavy (non-hydrogen) atoms. The summed E-state index contributed by atoms with van der Waals surface area (Å²) in [6.07, 6.45) is 1.95. The Morgan fingerprint density at radius 3 is 2.57 bits per heavy atom. The van der Waals surface area contributed by atoms with E-state index in [1.807, 2.05) is 20.8 Å². The van der Waals surface area contributed by atoms with Crippen molar-refractivity contribution in [3.63, 3.8) is 0 Å². The number of nitrogens with zero attached hydrogens (tertiary/aromatic N) is 1. The Bertz CT molecular complexity index is 583. The van der Waals surface area contributed by atoms with E-state index in [-0.39, 0.29) is 17.8 Å². The third-order valence-electron chi connectivity index (χ3n) is 3.61. The summed E-state index contributed by atoms with van der Waals surface area (Å²) in [6, 6.07) is 6.70. The predicted molar refractivity (Wildman–Crippen MR) is 87.5 cm³/mol. The highest BCUT2D eigenvalue weighted by atomic mass is 16.6. The molecule has 0 saturated heterocycles. The van der Waals surface area contributed by atoms with Gasteiger partial charge in [-0.25, -0.2) is 4.79 Å². The fourth-order valence-corrected chi connectivity index (χ4v) is 2.69. The minimum absolute atomic E-state index is 0.0186. The van der Waals surface area contributed by atoms with Crippen LogP contribution in [0.1, 0.15) is 40.0 Å². The maximum Gasteiger partial charge on any atom is 0.407 e. The van der Waals surface area contributed by atoms with Gasteiger partial charge in [0.05, 0.1) is 4.92 Å². The third-order valence-corrected chi connectivity index (χ3v) is 3.61. The summed E-state index contributed by atoms with van der Waals surface area (Å²) in [4.78, 5) is 22.4. The van der Waals surface area contributed by atoms with Crippen molar-refractivity contribution in [1.29, 1.82) is 0 Å². The van der Waals surface area contributed by atoms with Crippen LogP contribution in [0.5, 0.6) is 0 Å². The molecule has 1 amide bonds. The maximum absolute atomic E-state index is 11.8. The second kappa shape index (κ2) is 6.85. The van der Waals surface area contributed by atoms with E-state index in [9.17, 15) is 14.9 Å². The zero-order valence-corrected chi connectivity index (χ0v) is 13.7. The van der Waals surface area contributed by atoms with Crippen molar-refractivity contribution in [1.82, 2.24) is 5.32 Å². The van der Waals surface area contributed by atoms with Gasteiger partial charge in [-0.05, 0) is 46.1 Å². The first kappa shape index (κ1) is 17.1. The molecule has 1 saturated carbocycles. The number of carbonyl (C=O) groups is 1. The summed E-state index contributed by atoms with van der Waals surface area (Å²) >= 11 is 0. The Labute approximate surface area is 135 Å². The van der Waals surface area contributed by atoms with Gasteiger partial charge in [0.1, 0.15) is 11.3 Å². The van der Waals surface area contributed by atoms with Gasteiger partial charge in [-0.15, -0.1) is 0 Å². The molecule has 7 heteroatoms. The van der Waals surface area contributed by atoms with Gasteiger partial charge in [-0.3, -0.25) is 10.1 Å².